The van der Waals surface area contributed by atoms with E-state index in [1.165, 1.54) is 30.5 Å². The SMILES string of the molecule is COC(C)c1cccc(NC2CCCC2C2COCCN2)c1. The first-order chi connectivity index (χ1) is 10.8. The molecule has 1 heterocycles. The number of rotatable bonds is 5. The van der Waals surface area contributed by atoms with Crippen molar-refractivity contribution >= 4 is 5.69 Å². The van der Waals surface area contributed by atoms with Crippen molar-refractivity contribution < 1.29 is 9.47 Å². The topological polar surface area (TPSA) is 42.5 Å². The molecular weight excluding hydrogens is 276 g/mol. The fourth-order valence-electron chi connectivity index (χ4n) is 3.74. The summed E-state index contributed by atoms with van der Waals surface area (Å²) < 4.78 is 11.1. The van der Waals surface area contributed by atoms with Crippen molar-refractivity contribution in [2.45, 2.75) is 44.4 Å². The van der Waals surface area contributed by atoms with Gasteiger partial charge in [0.2, 0.25) is 0 Å². The fraction of sp³-hybridized carbons (Fsp3) is 0.667. The fourth-order valence-corrected chi connectivity index (χ4v) is 3.74. The highest BCUT2D eigenvalue weighted by Crippen LogP contribution is 2.32. The molecule has 2 fully saturated rings. The van der Waals surface area contributed by atoms with E-state index in [-0.39, 0.29) is 6.10 Å². The highest BCUT2D eigenvalue weighted by Gasteiger charge is 2.34. The van der Waals surface area contributed by atoms with Crippen LogP contribution in [0.15, 0.2) is 24.3 Å². The summed E-state index contributed by atoms with van der Waals surface area (Å²) in [4.78, 5) is 0. The molecule has 4 heteroatoms. The zero-order valence-corrected chi connectivity index (χ0v) is 13.7. The molecule has 0 radical (unpaired) electrons. The number of anilines is 1. The summed E-state index contributed by atoms with van der Waals surface area (Å²) in [6.45, 7) is 4.76. The van der Waals surface area contributed by atoms with E-state index in [0.717, 1.165) is 19.8 Å². The maximum absolute atomic E-state index is 5.65. The normalized spacial score (nSPS) is 30.2. The maximum atomic E-state index is 5.65. The molecule has 3 rings (SSSR count). The van der Waals surface area contributed by atoms with Gasteiger partial charge in [-0.3, -0.25) is 0 Å². The van der Waals surface area contributed by atoms with Gasteiger partial charge in [-0.05, 0) is 43.4 Å². The zero-order chi connectivity index (χ0) is 15.4. The van der Waals surface area contributed by atoms with Gasteiger partial charge in [-0.2, -0.15) is 0 Å². The number of methoxy groups -OCH3 is 1. The van der Waals surface area contributed by atoms with Crippen LogP contribution in [0.5, 0.6) is 0 Å². The van der Waals surface area contributed by atoms with Crippen LogP contribution >= 0.6 is 0 Å². The number of hydrogen-bond acceptors (Lipinski definition) is 4. The van der Waals surface area contributed by atoms with E-state index in [4.69, 9.17) is 9.47 Å². The average Bonchev–Trinajstić information content (AvgIpc) is 3.03. The number of nitrogens with one attached hydrogen (secondary N) is 2. The smallest absolute Gasteiger partial charge is 0.0793 e. The molecule has 4 nitrogen and oxygen atoms in total. The summed E-state index contributed by atoms with van der Waals surface area (Å²) in [6.07, 6.45) is 3.96. The largest absolute Gasteiger partial charge is 0.382 e. The minimum atomic E-state index is 0.134. The van der Waals surface area contributed by atoms with Crippen molar-refractivity contribution in [3.8, 4) is 0 Å². The molecular formula is C18H28N2O2. The molecule has 1 aliphatic carbocycles. The quantitative estimate of drug-likeness (QED) is 0.877. The van der Waals surface area contributed by atoms with E-state index in [2.05, 4.69) is 41.8 Å². The van der Waals surface area contributed by atoms with Crippen LogP contribution < -0.4 is 10.6 Å². The van der Waals surface area contributed by atoms with Crippen molar-refractivity contribution in [2.24, 2.45) is 5.92 Å². The van der Waals surface area contributed by atoms with Crippen LogP contribution in [-0.4, -0.2) is 39.0 Å². The minimum absolute atomic E-state index is 0.134. The Hall–Kier alpha value is -1.10. The Bertz CT molecular complexity index is 474. The summed E-state index contributed by atoms with van der Waals surface area (Å²) in [5, 5.41) is 7.39. The van der Waals surface area contributed by atoms with Crippen molar-refractivity contribution in [3.63, 3.8) is 0 Å². The van der Waals surface area contributed by atoms with Gasteiger partial charge in [0, 0.05) is 31.4 Å². The third-order valence-corrected chi connectivity index (χ3v) is 5.10. The van der Waals surface area contributed by atoms with Gasteiger partial charge in [-0.1, -0.05) is 18.6 Å². The minimum Gasteiger partial charge on any atom is -0.382 e. The lowest BCUT2D eigenvalue weighted by Crippen LogP contribution is -2.49. The number of benzene rings is 1. The van der Waals surface area contributed by atoms with Crippen molar-refractivity contribution in [3.05, 3.63) is 29.8 Å². The van der Waals surface area contributed by atoms with Crippen LogP contribution in [0, 0.1) is 5.92 Å². The van der Waals surface area contributed by atoms with E-state index in [1.807, 2.05) is 0 Å². The van der Waals surface area contributed by atoms with Crippen LogP contribution in [-0.2, 0) is 9.47 Å². The van der Waals surface area contributed by atoms with E-state index < -0.39 is 0 Å². The van der Waals surface area contributed by atoms with Gasteiger partial charge in [-0.15, -0.1) is 0 Å². The molecule has 0 spiro atoms. The predicted octanol–water partition coefficient (Wildman–Crippen LogP) is 2.96. The van der Waals surface area contributed by atoms with Gasteiger partial charge in [-0.25, -0.2) is 0 Å². The lowest BCUT2D eigenvalue weighted by Gasteiger charge is -2.33. The van der Waals surface area contributed by atoms with E-state index >= 15 is 0 Å². The Kier molecular flexibility index (Phi) is 5.34. The molecule has 1 aromatic rings. The number of morpholine rings is 1. The van der Waals surface area contributed by atoms with E-state index in [0.29, 0.717) is 18.0 Å². The summed E-state index contributed by atoms with van der Waals surface area (Å²) >= 11 is 0. The highest BCUT2D eigenvalue weighted by atomic mass is 16.5. The Balaban J connectivity index is 1.66. The van der Waals surface area contributed by atoms with Gasteiger partial charge >= 0.3 is 0 Å². The molecule has 0 amide bonds. The van der Waals surface area contributed by atoms with Gasteiger partial charge in [0.1, 0.15) is 0 Å². The Morgan fingerprint density at radius 3 is 3.05 bits per heavy atom. The van der Waals surface area contributed by atoms with E-state index in [1.54, 1.807) is 7.11 Å². The number of ether oxygens (including phenoxy) is 2. The molecule has 1 saturated heterocycles. The van der Waals surface area contributed by atoms with Crippen molar-refractivity contribution in [1.82, 2.24) is 5.32 Å². The first-order valence-electron chi connectivity index (χ1n) is 8.48. The third kappa shape index (κ3) is 3.62. The molecule has 22 heavy (non-hydrogen) atoms. The third-order valence-electron chi connectivity index (χ3n) is 5.10. The Labute approximate surface area is 133 Å². The van der Waals surface area contributed by atoms with Crippen LogP contribution in [0.25, 0.3) is 0 Å². The molecule has 2 aliphatic rings. The number of hydrogen-bond donors (Lipinski definition) is 2. The standard InChI is InChI=1S/C18H28N2O2/c1-13(21-2)14-5-3-6-15(11-14)20-17-8-4-7-16(17)18-12-22-10-9-19-18/h3,5-6,11,13,16-20H,4,7-10,12H2,1-2H3. The second kappa shape index (κ2) is 7.44. The lowest BCUT2D eigenvalue weighted by molar-refractivity contribution is 0.0559. The Morgan fingerprint density at radius 2 is 2.27 bits per heavy atom. The summed E-state index contributed by atoms with van der Waals surface area (Å²) in [7, 11) is 1.76. The van der Waals surface area contributed by atoms with Crippen molar-refractivity contribution in [1.29, 1.82) is 0 Å². The van der Waals surface area contributed by atoms with Gasteiger partial charge < -0.3 is 20.1 Å². The summed E-state index contributed by atoms with van der Waals surface area (Å²) in [5.41, 5.74) is 2.43. The molecule has 0 aromatic heterocycles. The predicted molar refractivity (Wildman–Crippen MR) is 89.2 cm³/mol. The second-order valence-electron chi connectivity index (χ2n) is 6.48. The average molecular weight is 304 g/mol. The molecule has 1 aliphatic heterocycles. The molecule has 1 aromatic carbocycles. The van der Waals surface area contributed by atoms with Crippen LogP contribution in [0.4, 0.5) is 5.69 Å². The van der Waals surface area contributed by atoms with Crippen LogP contribution in [0.2, 0.25) is 0 Å². The van der Waals surface area contributed by atoms with Crippen molar-refractivity contribution in [2.75, 3.05) is 32.2 Å². The molecule has 4 unspecified atom stereocenters. The maximum Gasteiger partial charge on any atom is 0.0793 e. The molecule has 122 valence electrons. The highest BCUT2D eigenvalue weighted by molar-refractivity contribution is 5.47. The second-order valence-corrected chi connectivity index (χ2v) is 6.48. The van der Waals surface area contributed by atoms with Gasteiger partial charge in [0.05, 0.1) is 19.3 Å². The first-order valence-corrected chi connectivity index (χ1v) is 8.48. The lowest BCUT2D eigenvalue weighted by atomic mass is 9.93. The van der Waals surface area contributed by atoms with Gasteiger partial charge in [0.15, 0.2) is 0 Å². The first kappa shape index (κ1) is 15.8. The molecule has 4 atom stereocenters. The molecule has 1 saturated carbocycles. The monoisotopic (exact) mass is 304 g/mol. The van der Waals surface area contributed by atoms with Gasteiger partial charge in [0.25, 0.3) is 0 Å². The Morgan fingerprint density at radius 1 is 1.36 bits per heavy atom. The molecule has 0 bridgehead atoms. The van der Waals surface area contributed by atoms with Crippen LogP contribution in [0.3, 0.4) is 0 Å². The summed E-state index contributed by atoms with van der Waals surface area (Å²) in [5.74, 6) is 0.656. The summed E-state index contributed by atoms with van der Waals surface area (Å²) in [6, 6.07) is 9.64. The van der Waals surface area contributed by atoms with E-state index in [9.17, 15) is 0 Å². The molecule has 2 N–H and O–H groups in total. The zero-order valence-electron chi connectivity index (χ0n) is 13.7. The van der Waals surface area contributed by atoms with Crippen LogP contribution in [0.1, 0.15) is 37.9 Å².